The van der Waals surface area contributed by atoms with Gasteiger partial charge in [0, 0.05) is 50.7 Å². The Hall–Kier alpha value is -2.15. The number of aromatic nitrogens is 2. The summed E-state index contributed by atoms with van der Waals surface area (Å²) in [6, 6.07) is 4.23. The Morgan fingerprint density at radius 3 is 2.77 bits per heavy atom. The molecule has 2 aromatic heterocycles. The average Bonchev–Trinajstić information content (AvgIpc) is 3.29. The molecule has 0 amide bonds. The minimum atomic E-state index is 0.735. The van der Waals surface area contributed by atoms with E-state index in [0.29, 0.717) is 0 Å². The molecule has 0 radical (unpaired) electrons. The first-order valence-corrected chi connectivity index (χ1v) is 10.0. The molecule has 1 aliphatic rings. The third-order valence-electron chi connectivity index (χ3n) is 4.63. The molecule has 6 nitrogen and oxygen atoms in total. The number of hydrogen-bond donors (Lipinski definition) is 2. The van der Waals surface area contributed by atoms with Gasteiger partial charge >= 0.3 is 0 Å². The first kappa shape index (κ1) is 18.6. The van der Waals surface area contributed by atoms with Gasteiger partial charge in [-0.2, -0.15) is 0 Å². The normalized spacial score (nSPS) is 14.7. The first-order chi connectivity index (χ1) is 12.7. The molecule has 0 spiro atoms. The number of aliphatic imine (C=N–C) groups is 1. The second kappa shape index (κ2) is 8.98. The molecule has 1 saturated heterocycles. The number of nitrogens with zero attached hydrogens (tertiary/aromatic N) is 4. The third-order valence-corrected chi connectivity index (χ3v) is 5.76. The SMILES string of the molecule is CN=C(NCCc1nc(C)c(C)s1)NCc1ccnc(N2CCCC2)c1. The summed E-state index contributed by atoms with van der Waals surface area (Å²) in [5.74, 6) is 1.90. The van der Waals surface area contributed by atoms with E-state index in [4.69, 9.17) is 0 Å². The van der Waals surface area contributed by atoms with E-state index in [1.54, 1.807) is 18.4 Å². The fourth-order valence-corrected chi connectivity index (χ4v) is 3.96. The van der Waals surface area contributed by atoms with Gasteiger partial charge in [0.1, 0.15) is 5.82 Å². The van der Waals surface area contributed by atoms with Crippen LogP contribution in [0.15, 0.2) is 23.3 Å². The number of hydrogen-bond acceptors (Lipinski definition) is 5. The predicted octanol–water partition coefficient (Wildman–Crippen LogP) is 2.66. The molecule has 26 heavy (non-hydrogen) atoms. The fourth-order valence-electron chi connectivity index (χ4n) is 3.03. The molecule has 3 heterocycles. The molecule has 0 bridgehead atoms. The largest absolute Gasteiger partial charge is 0.357 e. The average molecular weight is 373 g/mol. The van der Waals surface area contributed by atoms with Gasteiger partial charge in [0.05, 0.1) is 10.7 Å². The zero-order chi connectivity index (χ0) is 18.4. The van der Waals surface area contributed by atoms with Gasteiger partial charge in [-0.15, -0.1) is 11.3 Å². The number of anilines is 1. The lowest BCUT2D eigenvalue weighted by molar-refractivity contribution is 0.789. The molecule has 0 aliphatic carbocycles. The molecule has 2 aromatic rings. The summed E-state index contributed by atoms with van der Waals surface area (Å²) in [5.41, 5.74) is 2.36. The number of pyridine rings is 1. The molecule has 0 aromatic carbocycles. The van der Waals surface area contributed by atoms with Crippen molar-refractivity contribution in [2.24, 2.45) is 4.99 Å². The number of nitrogens with one attached hydrogen (secondary N) is 2. The van der Waals surface area contributed by atoms with Crippen molar-refractivity contribution in [3.05, 3.63) is 39.5 Å². The molecule has 140 valence electrons. The molecule has 0 saturated carbocycles. The van der Waals surface area contributed by atoms with Crippen molar-refractivity contribution in [2.75, 3.05) is 31.6 Å². The van der Waals surface area contributed by atoms with Gasteiger partial charge in [-0.3, -0.25) is 4.99 Å². The van der Waals surface area contributed by atoms with E-state index < -0.39 is 0 Å². The Morgan fingerprint density at radius 1 is 1.27 bits per heavy atom. The highest BCUT2D eigenvalue weighted by molar-refractivity contribution is 7.11. The summed E-state index contributed by atoms with van der Waals surface area (Å²) in [5, 5.41) is 7.92. The lowest BCUT2D eigenvalue weighted by atomic mass is 10.2. The second-order valence-electron chi connectivity index (χ2n) is 6.57. The van der Waals surface area contributed by atoms with Gasteiger partial charge in [0.15, 0.2) is 5.96 Å². The Bertz CT molecular complexity index is 729. The van der Waals surface area contributed by atoms with Crippen molar-refractivity contribution < 1.29 is 0 Å². The summed E-state index contributed by atoms with van der Waals surface area (Å²) in [6.45, 7) is 7.97. The van der Waals surface area contributed by atoms with Crippen LogP contribution in [0.2, 0.25) is 0 Å². The summed E-state index contributed by atoms with van der Waals surface area (Å²) in [6.07, 6.45) is 5.33. The summed E-state index contributed by atoms with van der Waals surface area (Å²) in [7, 11) is 1.80. The van der Waals surface area contributed by atoms with E-state index in [-0.39, 0.29) is 0 Å². The van der Waals surface area contributed by atoms with Crippen LogP contribution in [0.1, 0.15) is 34.0 Å². The smallest absolute Gasteiger partial charge is 0.191 e. The zero-order valence-corrected chi connectivity index (χ0v) is 16.7. The monoisotopic (exact) mass is 372 g/mol. The van der Waals surface area contributed by atoms with E-state index in [0.717, 1.165) is 50.1 Å². The second-order valence-corrected chi connectivity index (χ2v) is 7.86. The van der Waals surface area contributed by atoms with Crippen LogP contribution in [0.4, 0.5) is 5.82 Å². The van der Waals surface area contributed by atoms with Crippen molar-refractivity contribution in [3.8, 4) is 0 Å². The van der Waals surface area contributed by atoms with Gasteiger partial charge < -0.3 is 15.5 Å². The molecule has 0 atom stereocenters. The fraction of sp³-hybridized carbons (Fsp3) is 0.526. The highest BCUT2D eigenvalue weighted by Gasteiger charge is 2.13. The van der Waals surface area contributed by atoms with Crippen LogP contribution in [0, 0.1) is 13.8 Å². The van der Waals surface area contributed by atoms with Gasteiger partial charge in [-0.1, -0.05) is 0 Å². The Balaban J connectivity index is 1.47. The molecule has 2 N–H and O–H groups in total. The lowest BCUT2D eigenvalue weighted by Gasteiger charge is -2.17. The van der Waals surface area contributed by atoms with Crippen LogP contribution in [-0.4, -0.2) is 42.6 Å². The third kappa shape index (κ3) is 4.94. The Morgan fingerprint density at radius 2 is 2.08 bits per heavy atom. The first-order valence-electron chi connectivity index (χ1n) is 9.23. The Labute approximate surface area is 159 Å². The highest BCUT2D eigenvalue weighted by atomic mass is 32.1. The van der Waals surface area contributed by atoms with Crippen molar-refractivity contribution in [3.63, 3.8) is 0 Å². The number of aryl methyl sites for hydroxylation is 2. The topological polar surface area (TPSA) is 65.4 Å². The van der Waals surface area contributed by atoms with Crippen LogP contribution in [-0.2, 0) is 13.0 Å². The van der Waals surface area contributed by atoms with Crippen LogP contribution in [0.5, 0.6) is 0 Å². The predicted molar refractivity (Wildman–Crippen MR) is 109 cm³/mol. The zero-order valence-electron chi connectivity index (χ0n) is 15.9. The molecule has 0 unspecified atom stereocenters. The maximum Gasteiger partial charge on any atom is 0.191 e. The Kier molecular flexibility index (Phi) is 6.44. The molecule has 7 heteroatoms. The van der Waals surface area contributed by atoms with E-state index in [2.05, 4.69) is 56.5 Å². The standard InChI is InChI=1S/C19H28N6S/c1-14-15(2)26-18(24-14)7-9-22-19(20-3)23-13-16-6-8-21-17(12-16)25-10-4-5-11-25/h6,8,12H,4-5,7,9-11,13H2,1-3H3,(H2,20,22,23). The number of thiazole rings is 1. The molecule has 1 aliphatic heterocycles. The molecule has 3 rings (SSSR count). The lowest BCUT2D eigenvalue weighted by Crippen LogP contribution is -2.37. The van der Waals surface area contributed by atoms with Gasteiger partial charge in [0.25, 0.3) is 0 Å². The minimum Gasteiger partial charge on any atom is -0.357 e. The van der Waals surface area contributed by atoms with Gasteiger partial charge in [0.2, 0.25) is 0 Å². The number of rotatable bonds is 6. The van der Waals surface area contributed by atoms with E-state index in [9.17, 15) is 0 Å². The quantitative estimate of drug-likeness (QED) is 0.603. The van der Waals surface area contributed by atoms with Crippen LogP contribution < -0.4 is 15.5 Å². The summed E-state index contributed by atoms with van der Waals surface area (Å²) >= 11 is 1.77. The van der Waals surface area contributed by atoms with Crippen LogP contribution in [0.3, 0.4) is 0 Å². The van der Waals surface area contributed by atoms with Crippen LogP contribution in [0.25, 0.3) is 0 Å². The maximum atomic E-state index is 4.58. The molecular weight excluding hydrogens is 344 g/mol. The van der Waals surface area contributed by atoms with Crippen molar-refractivity contribution in [1.29, 1.82) is 0 Å². The van der Waals surface area contributed by atoms with Gasteiger partial charge in [-0.25, -0.2) is 9.97 Å². The van der Waals surface area contributed by atoms with Gasteiger partial charge in [-0.05, 0) is 44.4 Å². The van der Waals surface area contributed by atoms with Crippen molar-refractivity contribution >= 4 is 23.1 Å². The molecule has 1 fully saturated rings. The van der Waals surface area contributed by atoms with Crippen molar-refractivity contribution in [2.45, 2.75) is 39.7 Å². The van der Waals surface area contributed by atoms with E-state index >= 15 is 0 Å². The number of guanidine groups is 1. The maximum absolute atomic E-state index is 4.58. The summed E-state index contributed by atoms with van der Waals surface area (Å²) < 4.78 is 0. The summed E-state index contributed by atoms with van der Waals surface area (Å²) in [4.78, 5) is 17.1. The highest BCUT2D eigenvalue weighted by Crippen LogP contribution is 2.18. The molecular formula is C19H28N6S. The van der Waals surface area contributed by atoms with Crippen LogP contribution >= 0.6 is 11.3 Å². The minimum absolute atomic E-state index is 0.735. The van der Waals surface area contributed by atoms with Crippen molar-refractivity contribution in [1.82, 2.24) is 20.6 Å². The van der Waals surface area contributed by atoms with E-state index in [1.165, 1.54) is 28.3 Å². The van der Waals surface area contributed by atoms with E-state index in [1.807, 2.05) is 6.20 Å².